The standard InChI is InChI=1S/C23H29N3O6S/c1-31-18-12-11-17(21(14-18)32-2)15-24-19-6-5-13-25(23(19)16-9-10-16)33(29,30)22-8-4-3-7-20(22)26(27)28/h3-4,7-8,11-12,14,16,19,23-24H,5-6,9-10,13,15H2,1-2H3. The predicted octanol–water partition coefficient (Wildman–Crippen LogP) is 3.33. The third-order valence-electron chi connectivity index (χ3n) is 6.44. The molecule has 1 aliphatic carbocycles. The van der Waals surface area contributed by atoms with Crippen molar-refractivity contribution in [3.8, 4) is 11.5 Å². The number of para-hydroxylation sites is 1. The minimum absolute atomic E-state index is 0.0596. The first-order chi connectivity index (χ1) is 15.9. The molecule has 2 aromatic carbocycles. The number of nitro groups is 1. The molecule has 2 unspecified atom stereocenters. The second-order valence-corrected chi connectivity index (χ2v) is 10.3. The average Bonchev–Trinajstić information content (AvgIpc) is 3.67. The van der Waals surface area contributed by atoms with E-state index in [1.807, 2.05) is 18.2 Å². The number of nitro benzene ring substituents is 1. The lowest BCUT2D eigenvalue weighted by Crippen LogP contribution is -2.56. The fraction of sp³-hybridized carbons (Fsp3) is 0.478. The highest BCUT2D eigenvalue weighted by atomic mass is 32.2. The largest absolute Gasteiger partial charge is 0.497 e. The Morgan fingerprint density at radius 2 is 1.88 bits per heavy atom. The Bertz CT molecular complexity index is 1120. The van der Waals surface area contributed by atoms with Crippen molar-refractivity contribution < 1.29 is 22.8 Å². The Kier molecular flexibility index (Phi) is 6.87. The summed E-state index contributed by atoms with van der Waals surface area (Å²) in [5.41, 5.74) is 0.566. The van der Waals surface area contributed by atoms with Gasteiger partial charge in [-0.3, -0.25) is 10.1 Å². The van der Waals surface area contributed by atoms with E-state index in [1.54, 1.807) is 14.2 Å². The fourth-order valence-electron chi connectivity index (χ4n) is 4.68. The molecule has 2 aromatic rings. The summed E-state index contributed by atoms with van der Waals surface area (Å²) in [5.74, 6) is 1.65. The van der Waals surface area contributed by atoms with Crippen LogP contribution in [0.4, 0.5) is 5.69 Å². The summed E-state index contributed by atoms with van der Waals surface area (Å²) >= 11 is 0. The van der Waals surface area contributed by atoms with Crippen LogP contribution < -0.4 is 14.8 Å². The average molecular weight is 476 g/mol. The molecule has 1 N–H and O–H groups in total. The van der Waals surface area contributed by atoms with Gasteiger partial charge >= 0.3 is 0 Å². The third kappa shape index (κ3) is 4.83. The van der Waals surface area contributed by atoms with Crippen LogP contribution in [0.1, 0.15) is 31.2 Å². The molecular weight excluding hydrogens is 446 g/mol. The van der Waals surface area contributed by atoms with Crippen LogP contribution in [0.2, 0.25) is 0 Å². The maximum atomic E-state index is 13.6. The zero-order valence-corrected chi connectivity index (χ0v) is 19.6. The molecular formula is C23H29N3O6S. The molecule has 10 heteroatoms. The van der Waals surface area contributed by atoms with E-state index >= 15 is 0 Å². The highest BCUT2D eigenvalue weighted by Crippen LogP contribution is 2.42. The summed E-state index contributed by atoms with van der Waals surface area (Å²) in [7, 11) is -0.817. The van der Waals surface area contributed by atoms with Gasteiger partial charge in [-0.05, 0) is 43.7 Å². The monoisotopic (exact) mass is 475 g/mol. The molecule has 1 saturated heterocycles. The number of nitrogens with one attached hydrogen (secondary N) is 1. The predicted molar refractivity (Wildman–Crippen MR) is 123 cm³/mol. The van der Waals surface area contributed by atoms with Gasteiger partial charge in [0.05, 0.1) is 19.1 Å². The number of nitrogens with zero attached hydrogens (tertiary/aromatic N) is 2. The van der Waals surface area contributed by atoms with Gasteiger partial charge in [0.1, 0.15) is 11.5 Å². The van der Waals surface area contributed by atoms with E-state index in [0.717, 1.165) is 24.8 Å². The third-order valence-corrected chi connectivity index (χ3v) is 8.39. The Labute approximate surface area is 193 Å². The van der Waals surface area contributed by atoms with E-state index in [9.17, 15) is 18.5 Å². The lowest BCUT2D eigenvalue weighted by atomic mass is 9.94. The van der Waals surface area contributed by atoms with Gasteiger partial charge in [0, 0.05) is 42.9 Å². The number of rotatable bonds is 9. The molecule has 0 bridgehead atoms. The number of benzene rings is 2. The Hall–Kier alpha value is -2.69. The summed E-state index contributed by atoms with van der Waals surface area (Å²) in [5, 5.41) is 15.0. The minimum Gasteiger partial charge on any atom is -0.497 e. The van der Waals surface area contributed by atoms with Crippen LogP contribution in [0, 0.1) is 16.0 Å². The first kappa shape index (κ1) is 23.5. The van der Waals surface area contributed by atoms with Crippen molar-refractivity contribution in [1.29, 1.82) is 0 Å². The van der Waals surface area contributed by atoms with E-state index in [0.29, 0.717) is 31.0 Å². The normalized spacial score (nSPS) is 21.5. The number of ether oxygens (including phenoxy) is 2. The van der Waals surface area contributed by atoms with Gasteiger partial charge in [0.2, 0.25) is 10.0 Å². The van der Waals surface area contributed by atoms with E-state index in [-0.39, 0.29) is 28.6 Å². The molecule has 2 atom stereocenters. The minimum atomic E-state index is -4.02. The first-order valence-corrected chi connectivity index (χ1v) is 12.5. The van der Waals surface area contributed by atoms with Crippen LogP contribution in [0.5, 0.6) is 11.5 Å². The smallest absolute Gasteiger partial charge is 0.289 e. The number of methoxy groups -OCH3 is 2. The van der Waals surface area contributed by atoms with Gasteiger partial charge < -0.3 is 14.8 Å². The first-order valence-electron chi connectivity index (χ1n) is 11.1. The molecule has 33 heavy (non-hydrogen) atoms. The summed E-state index contributed by atoms with van der Waals surface area (Å²) < 4.78 is 39.5. The molecule has 0 spiro atoms. The Morgan fingerprint density at radius 3 is 2.55 bits per heavy atom. The number of hydrogen-bond donors (Lipinski definition) is 1. The van der Waals surface area contributed by atoms with E-state index in [2.05, 4.69) is 5.32 Å². The van der Waals surface area contributed by atoms with Crippen molar-refractivity contribution in [3.63, 3.8) is 0 Å². The Balaban J connectivity index is 1.59. The van der Waals surface area contributed by atoms with Crippen molar-refractivity contribution in [1.82, 2.24) is 9.62 Å². The van der Waals surface area contributed by atoms with Crippen molar-refractivity contribution >= 4 is 15.7 Å². The highest BCUT2D eigenvalue weighted by molar-refractivity contribution is 7.89. The van der Waals surface area contributed by atoms with E-state index in [4.69, 9.17) is 9.47 Å². The van der Waals surface area contributed by atoms with Crippen molar-refractivity contribution in [2.75, 3.05) is 20.8 Å². The van der Waals surface area contributed by atoms with Crippen LogP contribution in [-0.4, -0.2) is 50.5 Å². The zero-order chi connectivity index (χ0) is 23.6. The van der Waals surface area contributed by atoms with Crippen molar-refractivity contribution in [3.05, 3.63) is 58.1 Å². The van der Waals surface area contributed by atoms with Crippen molar-refractivity contribution in [2.24, 2.45) is 5.92 Å². The quantitative estimate of drug-likeness (QED) is 0.437. The summed E-state index contributed by atoms with van der Waals surface area (Å²) in [6, 6.07) is 10.9. The molecule has 178 valence electrons. The summed E-state index contributed by atoms with van der Waals surface area (Å²) in [6.07, 6.45) is 3.43. The maximum Gasteiger partial charge on any atom is 0.289 e. The lowest BCUT2D eigenvalue weighted by Gasteiger charge is -2.41. The SMILES string of the molecule is COc1ccc(CNC2CCCN(S(=O)(=O)c3ccccc3[N+](=O)[O-])C2C2CC2)c(OC)c1. The van der Waals surface area contributed by atoms with Crippen LogP contribution in [-0.2, 0) is 16.6 Å². The number of sulfonamides is 1. The summed E-state index contributed by atoms with van der Waals surface area (Å²) in [4.78, 5) is 10.6. The summed E-state index contributed by atoms with van der Waals surface area (Å²) in [6.45, 7) is 0.875. The molecule has 2 aliphatic rings. The highest BCUT2D eigenvalue weighted by Gasteiger charge is 2.47. The molecule has 2 fully saturated rings. The molecule has 0 radical (unpaired) electrons. The van der Waals surface area contributed by atoms with E-state index in [1.165, 1.54) is 28.6 Å². The lowest BCUT2D eigenvalue weighted by molar-refractivity contribution is -0.387. The van der Waals surface area contributed by atoms with Crippen LogP contribution in [0.3, 0.4) is 0 Å². The van der Waals surface area contributed by atoms with Crippen LogP contribution >= 0.6 is 0 Å². The van der Waals surface area contributed by atoms with Gasteiger partial charge in [-0.2, -0.15) is 4.31 Å². The zero-order valence-electron chi connectivity index (χ0n) is 18.8. The molecule has 9 nitrogen and oxygen atoms in total. The molecule has 1 saturated carbocycles. The number of piperidine rings is 1. The maximum absolute atomic E-state index is 13.6. The molecule has 0 amide bonds. The molecule has 0 aromatic heterocycles. The van der Waals surface area contributed by atoms with Gasteiger partial charge in [-0.25, -0.2) is 8.42 Å². The molecule has 1 aliphatic heterocycles. The van der Waals surface area contributed by atoms with Crippen LogP contribution in [0.15, 0.2) is 47.4 Å². The van der Waals surface area contributed by atoms with Gasteiger partial charge in [0.15, 0.2) is 4.90 Å². The molecule has 4 rings (SSSR count). The van der Waals surface area contributed by atoms with Gasteiger partial charge in [0.25, 0.3) is 5.69 Å². The number of hydrogen-bond acceptors (Lipinski definition) is 7. The second-order valence-electron chi connectivity index (χ2n) is 8.48. The van der Waals surface area contributed by atoms with Gasteiger partial charge in [-0.1, -0.05) is 18.2 Å². The van der Waals surface area contributed by atoms with Crippen molar-refractivity contribution in [2.45, 2.75) is 49.2 Å². The Morgan fingerprint density at radius 1 is 1.12 bits per heavy atom. The fourth-order valence-corrected chi connectivity index (χ4v) is 6.60. The van der Waals surface area contributed by atoms with E-state index < -0.39 is 14.9 Å². The van der Waals surface area contributed by atoms with Crippen LogP contribution in [0.25, 0.3) is 0 Å². The molecule has 1 heterocycles. The topological polar surface area (TPSA) is 111 Å². The van der Waals surface area contributed by atoms with Gasteiger partial charge in [-0.15, -0.1) is 0 Å². The second kappa shape index (κ2) is 9.66.